The van der Waals surface area contributed by atoms with Gasteiger partial charge in [-0.25, -0.2) is 9.37 Å². The molecule has 8 nitrogen and oxygen atoms in total. The Morgan fingerprint density at radius 3 is 2.37 bits per heavy atom. The van der Waals surface area contributed by atoms with E-state index in [-0.39, 0.29) is 23.2 Å². The Labute approximate surface area is 255 Å². The van der Waals surface area contributed by atoms with E-state index in [0.29, 0.717) is 27.6 Å². The van der Waals surface area contributed by atoms with Gasteiger partial charge in [-0.2, -0.15) is 0 Å². The quantitative estimate of drug-likeness (QED) is 0.123. The van der Waals surface area contributed by atoms with Gasteiger partial charge in [0.15, 0.2) is 5.13 Å². The Balaban J connectivity index is 1.17. The summed E-state index contributed by atoms with van der Waals surface area (Å²) in [6.45, 7) is 0. The lowest BCUT2D eigenvalue weighted by Crippen LogP contribution is -2.30. The highest BCUT2D eigenvalue weighted by Crippen LogP contribution is 2.26. The standard InChI is InChI=1S/C32H24FN5O3S2/c33-24-10-8-22(9-11-24)28-19-43-32(37-28)38-29(39)20-42-26-14-12-25(13-15-26)35-31(41)27(17-21-5-4-16-34-18-21)36-30(40)23-6-2-1-3-7-23/h1-19H,20H2,(H,35,41)(H,36,40)(H,37,38,39)/b27-17-. The summed E-state index contributed by atoms with van der Waals surface area (Å²) in [7, 11) is 0. The predicted octanol–water partition coefficient (Wildman–Crippen LogP) is 6.48. The van der Waals surface area contributed by atoms with Crippen molar-refractivity contribution in [1.29, 1.82) is 0 Å². The van der Waals surface area contributed by atoms with Crippen molar-refractivity contribution in [3.05, 3.63) is 131 Å². The summed E-state index contributed by atoms with van der Waals surface area (Å²) in [6.07, 6.45) is 4.76. The van der Waals surface area contributed by atoms with E-state index in [1.165, 1.54) is 35.2 Å². The number of nitrogens with one attached hydrogen (secondary N) is 3. The van der Waals surface area contributed by atoms with Gasteiger partial charge in [0.05, 0.1) is 11.4 Å². The zero-order valence-corrected chi connectivity index (χ0v) is 24.1. The van der Waals surface area contributed by atoms with Crippen molar-refractivity contribution in [2.75, 3.05) is 16.4 Å². The van der Waals surface area contributed by atoms with Crippen LogP contribution in [0.1, 0.15) is 15.9 Å². The molecule has 0 atom stereocenters. The van der Waals surface area contributed by atoms with Crippen LogP contribution >= 0.6 is 23.1 Å². The Morgan fingerprint density at radius 2 is 1.65 bits per heavy atom. The third-order valence-corrected chi connectivity index (χ3v) is 7.67. The second-order valence-corrected chi connectivity index (χ2v) is 10.9. The Hall–Kier alpha value is -5.13. The lowest BCUT2D eigenvalue weighted by molar-refractivity contribution is -0.114. The molecule has 2 heterocycles. The summed E-state index contributed by atoms with van der Waals surface area (Å²) >= 11 is 2.62. The van der Waals surface area contributed by atoms with Gasteiger partial charge in [0.2, 0.25) is 5.91 Å². The molecule has 3 N–H and O–H groups in total. The van der Waals surface area contributed by atoms with E-state index >= 15 is 0 Å². The smallest absolute Gasteiger partial charge is 0.272 e. The lowest BCUT2D eigenvalue weighted by Gasteiger charge is -2.12. The van der Waals surface area contributed by atoms with Crippen LogP contribution in [0.3, 0.4) is 0 Å². The fourth-order valence-corrected chi connectivity index (χ4v) is 5.23. The minimum Gasteiger partial charge on any atom is -0.321 e. The molecule has 5 aromatic rings. The number of pyridine rings is 1. The number of thiazole rings is 1. The van der Waals surface area contributed by atoms with E-state index in [1.807, 2.05) is 0 Å². The van der Waals surface area contributed by atoms with Crippen molar-refractivity contribution in [3.63, 3.8) is 0 Å². The highest BCUT2D eigenvalue weighted by Gasteiger charge is 2.15. The maximum atomic E-state index is 13.2. The molecule has 0 unspecified atom stereocenters. The number of carbonyl (C=O) groups excluding carboxylic acids is 3. The zero-order chi connectivity index (χ0) is 30.0. The first-order valence-electron chi connectivity index (χ1n) is 13.0. The highest BCUT2D eigenvalue weighted by atomic mass is 32.2. The van der Waals surface area contributed by atoms with E-state index in [4.69, 9.17) is 0 Å². The number of anilines is 2. The second kappa shape index (κ2) is 14.2. The van der Waals surface area contributed by atoms with Crippen molar-refractivity contribution in [2.24, 2.45) is 0 Å². The number of hydrogen-bond acceptors (Lipinski definition) is 7. The minimum atomic E-state index is -0.503. The average Bonchev–Trinajstić information content (AvgIpc) is 3.50. The van der Waals surface area contributed by atoms with Crippen LogP contribution in [0.5, 0.6) is 0 Å². The average molecular weight is 610 g/mol. The molecule has 0 saturated carbocycles. The summed E-state index contributed by atoms with van der Waals surface area (Å²) in [5.41, 5.74) is 3.06. The first kappa shape index (κ1) is 29.4. The Morgan fingerprint density at radius 1 is 0.884 bits per heavy atom. The van der Waals surface area contributed by atoms with Crippen molar-refractivity contribution in [1.82, 2.24) is 15.3 Å². The molecule has 3 amide bonds. The summed E-state index contributed by atoms with van der Waals surface area (Å²) in [5, 5.41) is 10.5. The maximum absolute atomic E-state index is 13.2. The molecule has 0 aliphatic rings. The lowest BCUT2D eigenvalue weighted by atomic mass is 10.2. The Bertz CT molecular complexity index is 1740. The van der Waals surface area contributed by atoms with Gasteiger partial charge in [-0.15, -0.1) is 23.1 Å². The van der Waals surface area contributed by atoms with E-state index in [1.54, 1.807) is 103 Å². The number of benzene rings is 3. The SMILES string of the molecule is O=C(CSc1ccc(NC(=O)/C(=C/c2cccnc2)NC(=O)c2ccccc2)cc1)Nc1nc(-c2ccc(F)cc2)cs1. The maximum Gasteiger partial charge on any atom is 0.272 e. The molecule has 0 fully saturated rings. The third kappa shape index (κ3) is 8.44. The first-order chi connectivity index (χ1) is 20.9. The molecule has 0 spiro atoms. The molecule has 214 valence electrons. The zero-order valence-electron chi connectivity index (χ0n) is 22.5. The third-order valence-electron chi connectivity index (χ3n) is 5.90. The van der Waals surface area contributed by atoms with Gasteiger partial charge in [0.1, 0.15) is 11.5 Å². The fourth-order valence-electron chi connectivity index (χ4n) is 3.79. The van der Waals surface area contributed by atoms with Crippen LogP contribution < -0.4 is 16.0 Å². The van der Waals surface area contributed by atoms with E-state index < -0.39 is 11.8 Å². The van der Waals surface area contributed by atoms with E-state index in [2.05, 4.69) is 25.9 Å². The van der Waals surface area contributed by atoms with Gasteiger partial charge < -0.3 is 16.0 Å². The fraction of sp³-hybridized carbons (Fsp3) is 0.0312. The van der Waals surface area contributed by atoms with Crippen molar-refractivity contribution >= 4 is 57.7 Å². The molecule has 3 aromatic carbocycles. The van der Waals surface area contributed by atoms with Gasteiger partial charge in [0, 0.05) is 39.5 Å². The summed E-state index contributed by atoms with van der Waals surface area (Å²) in [6, 6.07) is 25.1. The van der Waals surface area contributed by atoms with Crippen molar-refractivity contribution < 1.29 is 18.8 Å². The molecule has 0 bridgehead atoms. The van der Waals surface area contributed by atoms with Gasteiger partial charge in [-0.1, -0.05) is 24.3 Å². The van der Waals surface area contributed by atoms with Crippen LogP contribution in [-0.4, -0.2) is 33.4 Å². The number of carbonyl (C=O) groups is 3. The molecule has 43 heavy (non-hydrogen) atoms. The number of thioether (sulfide) groups is 1. The summed E-state index contributed by atoms with van der Waals surface area (Å²) < 4.78 is 13.2. The molecule has 2 aromatic heterocycles. The number of rotatable bonds is 10. The Kier molecular flexibility index (Phi) is 9.67. The number of hydrogen-bond donors (Lipinski definition) is 3. The number of aromatic nitrogens is 2. The van der Waals surface area contributed by atoms with Gasteiger partial charge >= 0.3 is 0 Å². The van der Waals surface area contributed by atoms with Crippen LogP contribution in [0.15, 0.2) is 119 Å². The summed E-state index contributed by atoms with van der Waals surface area (Å²) in [5.74, 6) is -1.31. The first-order valence-corrected chi connectivity index (χ1v) is 14.8. The molecule has 5 rings (SSSR count). The molecule has 0 aliphatic heterocycles. The second-order valence-electron chi connectivity index (χ2n) is 9.02. The van der Waals surface area contributed by atoms with E-state index in [0.717, 1.165) is 10.5 Å². The number of halogens is 1. The molecular formula is C32H24FN5O3S2. The van der Waals surface area contributed by atoms with Crippen LogP contribution in [0.25, 0.3) is 17.3 Å². The molecular weight excluding hydrogens is 586 g/mol. The monoisotopic (exact) mass is 609 g/mol. The number of nitrogens with zero attached hydrogens (tertiary/aromatic N) is 2. The number of amides is 3. The highest BCUT2D eigenvalue weighted by molar-refractivity contribution is 8.00. The largest absolute Gasteiger partial charge is 0.321 e. The predicted molar refractivity (Wildman–Crippen MR) is 168 cm³/mol. The topological polar surface area (TPSA) is 113 Å². The van der Waals surface area contributed by atoms with Crippen molar-refractivity contribution in [3.8, 4) is 11.3 Å². The molecule has 0 aliphatic carbocycles. The van der Waals surface area contributed by atoms with Gasteiger partial charge in [-0.05, 0) is 78.4 Å². The van der Waals surface area contributed by atoms with Crippen LogP contribution in [0.4, 0.5) is 15.2 Å². The van der Waals surface area contributed by atoms with Crippen molar-refractivity contribution in [2.45, 2.75) is 4.90 Å². The normalized spacial score (nSPS) is 11.0. The van der Waals surface area contributed by atoms with Crippen LogP contribution in [-0.2, 0) is 9.59 Å². The van der Waals surface area contributed by atoms with E-state index in [9.17, 15) is 18.8 Å². The summed E-state index contributed by atoms with van der Waals surface area (Å²) in [4.78, 5) is 47.7. The minimum absolute atomic E-state index is 0.0572. The molecule has 0 saturated heterocycles. The van der Waals surface area contributed by atoms with Crippen LogP contribution in [0.2, 0.25) is 0 Å². The molecule has 0 radical (unpaired) electrons. The van der Waals surface area contributed by atoms with Gasteiger partial charge in [0.25, 0.3) is 11.8 Å². The molecule has 11 heteroatoms. The van der Waals surface area contributed by atoms with Gasteiger partial charge in [-0.3, -0.25) is 19.4 Å². The van der Waals surface area contributed by atoms with Crippen LogP contribution in [0, 0.1) is 5.82 Å².